The van der Waals surface area contributed by atoms with Crippen LogP contribution >= 0.6 is 0 Å². The zero-order valence-electron chi connectivity index (χ0n) is 14.7. The van der Waals surface area contributed by atoms with Crippen LogP contribution in [0, 0.1) is 0 Å². The van der Waals surface area contributed by atoms with Crippen molar-refractivity contribution >= 4 is 20.0 Å². The largest absolute Gasteiger partial charge is 0.480 e. The predicted molar refractivity (Wildman–Crippen MR) is 84.4 cm³/mol. The van der Waals surface area contributed by atoms with E-state index in [9.17, 15) is 43.2 Å². The van der Waals surface area contributed by atoms with Gasteiger partial charge in [0.15, 0.2) is 20.0 Å². The van der Waals surface area contributed by atoms with Crippen LogP contribution in [0.15, 0.2) is 0 Å². The van der Waals surface area contributed by atoms with Gasteiger partial charge in [0, 0.05) is 13.5 Å². The summed E-state index contributed by atoms with van der Waals surface area (Å²) in [5.41, 5.74) is -12.4. The van der Waals surface area contributed by atoms with Crippen LogP contribution in [-0.4, -0.2) is 72.7 Å². The summed E-state index contributed by atoms with van der Waals surface area (Å²) in [7, 11) is -9.27. The zero-order valence-corrected chi connectivity index (χ0v) is 16.3. The highest BCUT2D eigenvalue weighted by Crippen LogP contribution is 2.36. The lowest BCUT2D eigenvalue weighted by atomic mass is 10.1. The van der Waals surface area contributed by atoms with Gasteiger partial charge in [-0.3, -0.25) is 0 Å². The molecular formula is C12H22F6N2O5S2. The molecule has 15 heteroatoms. The molecule has 1 aliphatic heterocycles. The third kappa shape index (κ3) is 8.93. The maximum Gasteiger partial charge on any atom is 0.480 e. The Morgan fingerprint density at radius 2 is 1.30 bits per heavy atom. The van der Waals surface area contributed by atoms with E-state index in [-0.39, 0.29) is 0 Å². The van der Waals surface area contributed by atoms with Crippen molar-refractivity contribution in [3.63, 3.8) is 0 Å². The standard InChI is InChI=1S/C10H22NO.C2F6NO4S2/c1-11(9-6-10-12-2)7-4-3-5-8-11;3-1(4,5)14(10,11)9-15(12,13)2(6,7)8/h3-10H2,1-2H3;/q+1;-1. The Bertz CT molecular complexity index is 613. The minimum absolute atomic E-state index is 0.778. The molecule has 0 radical (unpaired) electrons. The van der Waals surface area contributed by atoms with Gasteiger partial charge in [-0.2, -0.15) is 26.3 Å². The third-order valence-electron chi connectivity index (χ3n) is 3.72. The van der Waals surface area contributed by atoms with Gasteiger partial charge in [0.1, 0.15) is 0 Å². The van der Waals surface area contributed by atoms with Gasteiger partial charge in [-0.25, -0.2) is 16.8 Å². The molecule has 0 aromatic carbocycles. The molecule has 1 aliphatic rings. The summed E-state index contributed by atoms with van der Waals surface area (Å²) in [6.07, 6.45) is 5.50. The van der Waals surface area contributed by atoms with Crippen LogP contribution in [0.25, 0.3) is 4.13 Å². The first-order chi connectivity index (χ1) is 12.0. The minimum atomic E-state index is -6.72. The number of nitrogens with zero attached hydrogens (tertiary/aromatic N) is 2. The highest BCUT2D eigenvalue weighted by Gasteiger charge is 2.46. The van der Waals surface area contributed by atoms with Crippen LogP contribution in [-0.2, 0) is 24.8 Å². The van der Waals surface area contributed by atoms with Crippen molar-refractivity contribution in [2.24, 2.45) is 0 Å². The number of halogens is 6. The number of rotatable bonds is 6. The van der Waals surface area contributed by atoms with E-state index in [1.54, 1.807) is 7.11 Å². The van der Waals surface area contributed by atoms with E-state index in [0.29, 0.717) is 0 Å². The Labute approximate surface area is 154 Å². The monoisotopic (exact) mass is 452 g/mol. The SMILES string of the molecule is COCCC[N+]1(C)CCCCC1.O=S(=O)([N-]S(=O)(=O)C(F)(F)F)C(F)(F)F. The molecule has 1 heterocycles. The molecule has 27 heavy (non-hydrogen) atoms. The second-order valence-corrected chi connectivity index (χ2v) is 9.54. The van der Waals surface area contributed by atoms with E-state index in [4.69, 9.17) is 4.74 Å². The maximum absolute atomic E-state index is 11.4. The molecule has 164 valence electrons. The second-order valence-electron chi connectivity index (χ2n) is 6.11. The summed E-state index contributed by atoms with van der Waals surface area (Å²) in [6, 6.07) is 0. The Hall–Kier alpha value is -0.640. The zero-order chi connectivity index (χ0) is 21.6. The molecule has 0 aromatic rings. The van der Waals surface area contributed by atoms with E-state index < -0.39 is 31.1 Å². The number of sulfonamides is 2. The number of quaternary nitrogens is 1. The number of likely N-dealkylation sites (tertiary alicyclic amines) is 1. The van der Waals surface area contributed by atoms with Crippen LogP contribution in [0.2, 0.25) is 0 Å². The topological polar surface area (TPSA) is 91.6 Å². The summed E-state index contributed by atoms with van der Waals surface area (Å²) in [5, 5.41) is 0. The van der Waals surface area contributed by atoms with Crippen molar-refractivity contribution in [3.05, 3.63) is 4.13 Å². The highest BCUT2D eigenvalue weighted by molar-refractivity contribution is 8.13. The number of hydrogen-bond acceptors (Lipinski definition) is 5. The first kappa shape index (κ1) is 26.4. The minimum Gasteiger partial charge on any atom is -0.421 e. The molecule has 0 spiro atoms. The number of methoxy groups -OCH3 is 1. The van der Waals surface area contributed by atoms with E-state index in [1.165, 1.54) is 49.8 Å². The molecule has 0 amide bonds. The maximum atomic E-state index is 11.4. The lowest BCUT2D eigenvalue weighted by Crippen LogP contribution is -2.48. The van der Waals surface area contributed by atoms with Crippen LogP contribution in [0.5, 0.6) is 0 Å². The fourth-order valence-corrected chi connectivity index (χ4v) is 4.01. The van der Waals surface area contributed by atoms with Crippen molar-refractivity contribution in [3.8, 4) is 0 Å². The summed E-state index contributed by atoms with van der Waals surface area (Å²) >= 11 is 0. The average Bonchev–Trinajstić information content (AvgIpc) is 2.45. The predicted octanol–water partition coefficient (Wildman–Crippen LogP) is 2.71. The van der Waals surface area contributed by atoms with E-state index in [1.807, 2.05) is 0 Å². The molecule has 0 aromatic heterocycles. The van der Waals surface area contributed by atoms with Crippen molar-refractivity contribution in [2.75, 3.05) is 40.4 Å². The quantitative estimate of drug-likeness (QED) is 0.351. The number of hydrogen-bond donors (Lipinski definition) is 0. The Balaban J connectivity index is 0.000000511. The van der Waals surface area contributed by atoms with Crippen molar-refractivity contribution in [2.45, 2.75) is 36.7 Å². The van der Waals surface area contributed by atoms with Crippen LogP contribution in [0.4, 0.5) is 26.3 Å². The first-order valence-electron chi connectivity index (χ1n) is 7.67. The normalized spacial score (nSPS) is 18.5. The second kappa shape index (κ2) is 9.71. The molecule has 0 saturated carbocycles. The van der Waals surface area contributed by atoms with Gasteiger partial charge in [0.25, 0.3) is 0 Å². The average molecular weight is 452 g/mol. The smallest absolute Gasteiger partial charge is 0.421 e. The Morgan fingerprint density at radius 3 is 1.63 bits per heavy atom. The summed E-state index contributed by atoms with van der Waals surface area (Å²) in [5.74, 6) is 0. The van der Waals surface area contributed by atoms with Gasteiger partial charge in [0.2, 0.25) is 0 Å². The molecule has 0 atom stereocenters. The molecule has 1 rings (SSSR count). The van der Waals surface area contributed by atoms with E-state index >= 15 is 0 Å². The van der Waals surface area contributed by atoms with Crippen LogP contribution in [0.3, 0.4) is 0 Å². The third-order valence-corrected chi connectivity index (χ3v) is 6.46. The highest BCUT2D eigenvalue weighted by atomic mass is 32.3. The lowest BCUT2D eigenvalue weighted by molar-refractivity contribution is -0.914. The van der Waals surface area contributed by atoms with Gasteiger partial charge >= 0.3 is 11.0 Å². The number of alkyl halides is 6. The molecule has 1 saturated heterocycles. The molecule has 0 unspecified atom stereocenters. The molecule has 0 bridgehead atoms. The fraction of sp³-hybridized carbons (Fsp3) is 1.00. The van der Waals surface area contributed by atoms with Gasteiger partial charge < -0.3 is 13.3 Å². The van der Waals surface area contributed by atoms with Crippen molar-refractivity contribution in [1.82, 2.24) is 0 Å². The van der Waals surface area contributed by atoms with Crippen molar-refractivity contribution < 1.29 is 52.4 Å². The summed E-state index contributed by atoms with van der Waals surface area (Å²) in [6.45, 7) is 4.98. The van der Waals surface area contributed by atoms with E-state index in [2.05, 4.69) is 7.05 Å². The molecular weight excluding hydrogens is 430 g/mol. The number of piperidine rings is 1. The molecule has 0 aliphatic carbocycles. The number of ether oxygens (including phenoxy) is 1. The van der Waals surface area contributed by atoms with Gasteiger partial charge in [0.05, 0.1) is 33.3 Å². The Morgan fingerprint density at radius 1 is 0.889 bits per heavy atom. The van der Waals surface area contributed by atoms with Crippen LogP contribution < -0.4 is 0 Å². The Kier molecular flexibility index (Phi) is 9.48. The summed E-state index contributed by atoms with van der Waals surface area (Å²) in [4.78, 5) is 0. The molecule has 0 N–H and O–H groups in total. The van der Waals surface area contributed by atoms with E-state index in [0.717, 1.165) is 10.7 Å². The van der Waals surface area contributed by atoms with Gasteiger partial charge in [-0.05, 0) is 19.3 Å². The summed E-state index contributed by atoms with van der Waals surface area (Å²) < 4.78 is 116. The van der Waals surface area contributed by atoms with Crippen molar-refractivity contribution in [1.29, 1.82) is 0 Å². The molecule has 7 nitrogen and oxygen atoms in total. The first-order valence-corrected chi connectivity index (χ1v) is 10.5. The fourth-order valence-electron chi connectivity index (χ4n) is 2.30. The lowest BCUT2D eigenvalue weighted by Gasteiger charge is -2.37. The van der Waals surface area contributed by atoms with Gasteiger partial charge in [-0.15, -0.1) is 0 Å². The van der Waals surface area contributed by atoms with Gasteiger partial charge in [-0.1, -0.05) is 0 Å². The van der Waals surface area contributed by atoms with Crippen LogP contribution in [0.1, 0.15) is 25.7 Å². The molecule has 1 fully saturated rings.